The van der Waals surface area contributed by atoms with Crippen molar-refractivity contribution in [2.24, 2.45) is 0 Å². The number of thiophene rings is 1. The smallest absolute Gasteiger partial charge is 0.320 e. The number of aliphatic carboxylic acids is 1. The third kappa shape index (κ3) is 3.89. The van der Waals surface area contributed by atoms with Gasteiger partial charge in [-0.05, 0) is 66.8 Å². The van der Waals surface area contributed by atoms with E-state index in [0.29, 0.717) is 31.1 Å². The molecule has 0 bridgehead atoms. The summed E-state index contributed by atoms with van der Waals surface area (Å²) in [6, 6.07) is 13.7. The molecule has 5 nitrogen and oxygen atoms in total. The zero-order chi connectivity index (χ0) is 21.1. The fourth-order valence-corrected chi connectivity index (χ4v) is 5.34. The monoisotopic (exact) mass is 425 g/mol. The van der Waals surface area contributed by atoms with Gasteiger partial charge in [0.15, 0.2) is 11.5 Å². The SMILES string of the molecule is CCOc1ccc(C(c2csc3ccccc23)N2CCCC2C(=O)O)cc1OCC. The molecule has 0 spiro atoms. The van der Waals surface area contributed by atoms with Crippen LogP contribution >= 0.6 is 11.3 Å². The summed E-state index contributed by atoms with van der Waals surface area (Å²) in [4.78, 5) is 14.1. The van der Waals surface area contributed by atoms with Gasteiger partial charge in [0.25, 0.3) is 0 Å². The first-order valence-corrected chi connectivity index (χ1v) is 11.4. The molecule has 0 radical (unpaired) electrons. The van der Waals surface area contributed by atoms with Crippen LogP contribution in [0, 0.1) is 0 Å². The van der Waals surface area contributed by atoms with E-state index in [1.54, 1.807) is 11.3 Å². The number of rotatable bonds is 8. The van der Waals surface area contributed by atoms with E-state index in [1.165, 1.54) is 10.1 Å². The molecule has 6 heteroatoms. The lowest BCUT2D eigenvalue weighted by atomic mass is 9.95. The maximum atomic E-state index is 12.0. The van der Waals surface area contributed by atoms with Gasteiger partial charge < -0.3 is 14.6 Å². The van der Waals surface area contributed by atoms with Gasteiger partial charge >= 0.3 is 5.97 Å². The van der Waals surface area contributed by atoms with E-state index in [-0.39, 0.29) is 6.04 Å². The van der Waals surface area contributed by atoms with Crippen molar-refractivity contribution in [2.45, 2.75) is 38.8 Å². The molecule has 1 aromatic heterocycles. The van der Waals surface area contributed by atoms with Gasteiger partial charge in [-0.1, -0.05) is 24.3 Å². The summed E-state index contributed by atoms with van der Waals surface area (Å²) >= 11 is 1.70. The summed E-state index contributed by atoms with van der Waals surface area (Å²) in [6.07, 6.45) is 1.55. The van der Waals surface area contributed by atoms with Crippen LogP contribution in [-0.4, -0.2) is 41.8 Å². The Morgan fingerprint density at radius 3 is 2.70 bits per heavy atom. The second kappa shape index (κ2) is 9.06. The van der Waals surface area contributed by atoms with Crippen LogP contribution in [-0.2, 0) is 4.79 Å². The van der Waals surface area contributed by atoms with Gasteiger partial charge in [-0.15, -0.1) is 11.3 Å². The molecule has 0 amide bonds. The Balaban J connectivity index is 1.85. The number of likely N-dealkylation sites (tertiary alicyclic amines) is 1. The minimum atomic E-state index is -0.756. The van der Waals surface area contributed by atoms with Crippen LogP contribution in [0.2, 0.25) is 0 Å². The number of carboxylic acid groups (broad SMARTS) is 1. The molecule has 2 heterocycles. The van der Waals surface area contributed by atoms with Crippen molar-refractivity contribution in [3.05, 3.63) is 59.0 Å². The molecular formula is C24H27NO4S. The van der Waals surface area contributed by atoms with Crippen LogP contribution in [0.1, 0.15) is 43.9 Å². The molecular weight excluding hydrogens is 398 g/mol. The van der Waals surface area contributed by atoms with Crippen LogP contribution < -0.4 is 9.47 Å². The van der Waals surface area contributed by atoms with E-state index in [1.807, 2.05) is 44.2 Å². The van der Waals surface area contributed by atoms with E-state index < -0.39 is 12.0 Å². The summed E-state index contributed by atoms with van der Waals surface area (Å²) in [6.45, 7) is 5.75. The Bertz CT molecular complexity index is 1030. The number of ether oxygens (including phenoxy) is 2. The molecule has 1 aliphatic heterocycles. The zero-order valence-electron chi connectivity index (χ0n) is 17.3. The Morgan fingerprint density at radius 1 is 1.17 bits per heavy atom. The molecule has 1 fully saturated rings. The van der Waals surface area contributed by atoms with E-state index in [4.69, 9.17) is 9.47 Å². The topological polar surface area (TPSA) is 59.0 Å². The molecule has 0 saturated carbocycles. The van der Waals surface area contributed by atoms with Crippen molar-refractivity contribution in [3.8, 4) is 11.5 Å². The van der Waals surface area contributed by atoms with Crippen molar-refractivity contribution in [1.29, 1.82) is 0 Å². The molecule has 30 heavy (non-hydrogen) atoms. The van der Waals surface area contributed by atoms with Gasteiger partial charge in [0.05, 0.1) is 19.3 Å². The number of benzene rings is 2. The second-order valence-corrected chi connectivity index (χ2v) is 8.31. The number of hydrogen-bond donors (Lipinski definition) is 1. The van der Waals surface area contributed by atoms with Gasteiger partial charge in [-0.25, -0.2) is 0 Å². The first kappa shape index (κ1) is 20.7. The normalized spacial score (nSPS) is 17.9. The van der Waals surface area contributed by atoms with E-state index in [2.05, 4.69) is 22.4 Å². The number of carboxylic acids is 1. The van der Waals surface area contributed by atoms with Gasteiger partial charge in [0.2, 0.25) is 0 Å². The fourth-order valence-electron chi connectivity index (χ4n) is 4.36. The van der Waals surface area contributed by atoms with Crippen molar-refractivity contribution in [3.63, 3.8) is 0 Å². The number of fused-ring (bicyclic) bond motifs is 1. The standard InChI is InChI=1S/C24H27NO4S/c1-3-28-20-12-11-16(14-21(20)29-4-2)23(25-13-7-9-19(25)24(26)27)18-15-30-22-10-6-5-8-17(18)22/h5-6,8,10-12,14-15,19,23H,3-4,7,9,13H2,1-2H3,(H,26,27). The third-order valence-corrected chi connectivity index (χ3v) is 6.58. The zero-order valence-corrected chi connectivity index (χ0v) is 18.2. The Kier molecular flexibility index (Phi) is 6.25. The molecule has 4 rings (SSSR count). The quantitative estimate of drug-likeness (QED) is 0.528. The summed E-state index contributed by atoms with van der Waals surface area (Å²) in [5, 5.41) is 13.2. The highest BCUT2D eigenvalue weighted by atomic mass is 32.1. The average molecular weight is 426 g/mol. The van der Waals surface area contributed by atoms with E-state index >= 15 is 0 Å². The molecule has 1 N–H and O–H groups in total. The molecule has 2 aromatic carbocycles. The summed E-state index contributed by atoms with van der Waals surface area (Å²) in [5.41, 5.74) is 2.17. The lowest BCUT2D eigenvalue weighted by Gasteiger charge is -2.32. The van der Waals surface area contributed by atoms with Gasteiger partial charge in [0.1, 0.15) is 6.04 Å². The largest absolute Gasteiger partial charge is 0.490 e. The molecule has 158 valence electrons. The number of carbonyl (C=O) groups is 1. The fraction of sp³-hybridized carbons (Fsp3) is 0.375. The third-order valence-electron chi connectivity index (χ3n) is 5.60. The first-order valence-electron chi connectivity index (χ1n) is 10.5. The minimum Gasteiger partial charge on any atom is -0.490 e. The van der Waals surface area contributed by atoms with Crippen LogP contribution in [0.15, 0.2) is 47.8 Å². The molecule has 2 unspecified atom stereocenters. The van der Waals surface area contributed by atoms with Crippen LogP contribution in [0.4, 0.5) is 0 Å². The maximum Gasteiger partial charge on any atom is 0.320 e. The summed E-state index contributed by atoms with van der Waals surface area (Å²) < 4.78 is 12.8. The lowest BCUT2D eigenvalue weighted by Crippen LogP contribution is -2.39. The van der Waals surface area contributed by atoms with Crippen molar-refractivity contribution in [2.75, 3.05) is 19.8 Å². The van der Waals surface area contributed by atoms with Crippen molar-refractivity contribution < 1.29 is 19.4 Å². The highest BCUT2D eigenvalue weighted by Crippen LogP contribution is 2.42. The highest BCUT2D eigenvalue weighted by molar-refractivity contribution is 7.17. The van der Waals surface area contributed by atoms with Crippen LogP contribution in [0.3, 0.4) is 0 Å². The molecule has 2 atom stereocenters. The van der Waals surface area contributed by atoms with E-state index in [9.17, 15) is 9.90 Å². The maximum absolute atomic E-state index is 12.0. The van der Waals surface area contributed by atoms with Crippen molar-refractivity contribution in [1.82, 2.24) is 4.90 Å². The minimum absolute atomic E-state index is 0.153. The molecule has 0 aliphatic carbocycles. The second-order valence-electron chi connectivity index (χ2n) is 7.40. The van der Waals surface area contributed by atoms with Crippen molar-refractivity contribution >= 4 is 27.4 Å². The highest BCUT2D eigenvalue weighted by Gasteiger charge is 2.38. The average Bonchev–Trinajstić information content (AvgIpc) is 3.39. The van der Waals surface area contributed by atoms with Crippen LogP contribution in [0.25, 0.3) is 10.1 Å². The van der Waals surface area contributed by atoms with Gasteiger partial charge in [-0.2, -0.15) is 0 Å². The molecule has 1 saturated heterocycles. The predicted molar refractivity (Wildman–Crippen MR) is 120 cm³/mol. The summed E-state index contributed by atoms with van der Waals surface area (Å²) in [5.74, 6) is 0.661. The Labute approximate surface area is 180 Å². The van der Waals surface area contributed by atoms with Gasteiger partial charge in [0, 0.05) is 11.2 Å². The van der Waals surface area contributed by atoms with E-state index in [0.717, 1.165) is 24.1 Å². The lowest BCUT2D eigenvalue weighted by molar-refractivity contribution is -0.142. The Morgan fingerprint density at radius 2 is 1.93 bits per heavy atom. The first-order chi connectivity index (χ1) is 14.6. The Hall–Kier alpha value is -2.57. The van der Waals surface area contributed by atoms with Gasteiger partial charge in [-0.3, -0.25) is 9.69 Å². The molecule has 1 aliphatic rings. The summed E-state index contributed by atoms with van der Waals surface area (Å²) in [7, 11) is 0. The van der Waals surface area contributed by atoms with Crippen LogP contribution in [0.5, 0.6) is 11.5 Å². The predicted octanol–water partition coefficient (Wildman–Crippen LogP) is 5.34. The number of hydrogen-bond acceptors (Lipinski definition) is 5. The molecule has 3 aromatic rings. The number of nitrogens with zero attached hydrogens (tertiary/aromatic N) is 1.